The van der Waals surface area contributed by atoms with E-state index >= 15 is 0 Å². The highest BCUT2D eigenvalue weighted by atomic mass is 32.1. The number of rotatable bonds is 5. The lowest BCUT2D eigenvalue weighted by molar-refractivity contribution is 0.0940. The second-order valence-electron chi connectivity index (χ2n) is 2.54. The van der Waals surface area contributed by atoms with Gasteiger partial charge in [-0.15, -0.1) is 11.3 Å². The number of carbonyl (C=O) groups is 1. The molecule has 0 aliphatic heterocycles. The molecular weight excluding hydrogens is 204 g/mol. The standard InChI is InChI=1S/C8H12N2O3S/c1-13-4-7-10-6(5-14-7)8(12)9-2-3-11/h5,11H,2-4H2,1H3,(H,9,12). The molecule has 0 aliphatic carbocycles. The summed E-state index contributed by atoms with van der Waals surface area (Å²) in [5.74, 6) is -0.266. The normalized spacial score (nSPS) is 10.1. The van der Waals surface area contributed by atoms with E-state index in [4.69, 9.17) is 9.84 Å². The van der Waals surface area contributed by atoms with Gasteiger partial charge in [-0.25, -0.2) is 4.98 Å². The molecule has 6 heteroatoms. The Balaban J connectivity index is 2.53. The zero-order chi connectivity index (χ0) is 10.4. The second-order valence-corrected chi connectivity index (χ2v) is 3.48. The van der Waals surface area contributed by atoms with Gasteiger partial charge in [-0.2, -0.15) is 0 Å². The van der Waals surface area contributed by atoms with Crippen molar-refractivity contribution in [3.8, 4) is 0 Å². The van der Waals surface area contributed by atoms with Crippen molar-refractivity contribution in [1.82, 2.24) is 10.3 Å². The molecule has 1 aromatic rings. The quantitative estimate of drug-likeness (QED) is 0.727. The van der Waals surface area contributed by atoms with E-state index in [2.05, 4.69) is 10.3 Å². The minimum absolute atomic E-state index is 0.0686. The molecule has 2 N–H and O–H groups in total. The largest absolute Gasteiger partial charge is 0.395 e. The number of methoxy groups -OCH3 is 1. The van der Waals surface area contributed by atoms with Crippen LogP contribution in [0.25, 0.3) is 0 Å². The number of nitrogens with one attached hydrogen (secondary N) is 1. The molecule has 0 saturated carbocycles. The van der Waals surface area contributed by atoms with Crippen molar-refractivity contribution in [2.45, 2.75) is 6.61 Å². The summed E-state index contributed by atoms with van der Waals surface area (Å²) < 4.78 is 4.88. The molecule has 5 nitrogen and oxygen atoms in total. The number of amides is 1. The van der Waals surface area contributed by atoms with Gasteiger partial charge in [0.1, 0.15) is 10.7 Å². The highest BCUT2D eigenvalue weighted by Gasteiger charge is 2.09. The van der Waals surface area contributed by atoms with Gasteiger partial charge >= 0.3 is 0 Å². The van der Waals surface area contributed by atoms with Gasteiger partial charge in [-0.1, -0.05) is 0 Å². The first-order chi connectivity index (χ1) is 6.77. The van der Waals surface area contributed by atoms with E-state index in [-0.39, 0.29) is 19.1 Å². The van der Waals surface area contributed by atoms with Gasteiger partial charge in [0.25, 0.3) is 5.91 Å². The molecule has 78 valence electrons. The summed E-state index contributed by atoms with van der Waals surface area (Å²) in [4.78, 5) is 15.4. The zero-order valence-corrected chi connectivity index (χ0v) is 8.63. The van der Waals surface area contributed by atoms with Crippen LogP contribution in [0.15, 0.2) is 5.38 Å². The van der Waals surface area contributed by atoms with Crippen LogP contribution in [-0.2, 0) is 11.3 Å². The van der Waals surface area contributed by atoms with Crippen molar-refractivity contribution in [2.75, 3.05) is 20.3 Å². The molecule has 1 rings (SSSR count). The third-order valence-corrected chi connectivity index (χ3v) is 2.27. The van der Waals surface area contributed by atoms with Crippen LogP contribution in [0.1, 0.15) is 15.5 Å². The molecule has 1 amide bonds. The van der Waals surface area contributed by atoms with E-state index in [1.807, 2.05) is 0 Å². The maximum Gasteiger partial charge on any atom is 0.270 e. The Kier molecular flexibility index (Phi) is 4.51. The number of ether oxygens (including phenoxy) is 1. The molecule has 0 radical (unpaired) electrons. The van der Waals surface area contributed by atoms with Crippen LogP contribution in [0.5, 0.6) is 0 Å². The van der Waals surface area contributed by atoms with Crippen LogP contribution >= 0.6 is 11.3 Å². The fraction of sp³-hybridized carbons (Fsp3) is 0.500. The van der Waals surface area contributed by atoms with Crippen molar-refractivity contribution in [3.63, 3.8) is 0 Å². The van der Waals surface area contributed by atoms with E-state index < -0.39 is 0 Å². The number of aromatic nitrogens is 1. The average molecular weight is 216 g/mol. The first-order valence-corrected chi connectivity index (χ1v) is 4.98. The van der Waals surface area contributed by atoms with Gasteiger partial charge < -0.3 is 15.2 Å². The van der Waals surface area contributed by atoms with Gasteiger partial charge in [0.15, 0.2) is 0 Å². The van der Waals surface area contributed by atoms with Crippen molar-refractivity contribution >= 4 is 17.2 Å². The molecule has 0 bridgehead atoms. The van der Waals surface area contributed by atoms with Crippen LogP contribution < -0.4 is 5.32 Å². The Morgan fingerprint density at radius 1 is 1.79 bits per heavy atom. The Bertz CT molecular complexity index is 301. The molecule has 0 aromatic carbocycles. The van der Waals surface area contributed by atoms with Gasteiger partial charge in [-0.3, -0.25) is 4.79 Å². The molecule has 0 spiro atoms. The molecule has 0 fully saturated rings. The lowest BCUT2D eigenvalue weighted by atomic mass is 10.4. The molecule has 1 aromatic heterocycles. The molecule has 0 unspecified atom stereocenters. The molecule has 0 aliphatic rings. The first-order valence-electron chi connectivity index (χ1n) is 4.10. The van der Waals surface area contributed by atoms with E-state index in [0.717, 1.165) is 5.01 Å². The Morgan fingerprint density at radius 3 is 3.21 bits per heavy atom. The van der Waals surface area contributed by atoms with E-state index in [9.17, 15) is 4.79 Å². The third kappa shape index (κ3) is 3.06. The minimum Gasteiger partial charge on any atom is -0.395 e. The third-order valence-electron chi connectivity index (χ3n) is 1.45. The van der Waals surface area contributed by atoms with E-state index in [1.54, 1.807) is 12.5 Å². The summed E-state index contributed by atoms with van der Waals surface area (Å²) in [7, 11) is 1.58. The van der Waals surface area contributed by atoms with E-state index in [1.165, 1.54) is 11.3 Å². The Labute approximate surface area is 85.7 Å². The summed E-state index contributed by atoms with van der Waals surface area (Å²) in [6.07, 6.45) is 0. The highest BCUT2D eigenvalue weighted by molar-refractivity contribution is 7.09. The maximum absolute atomic E-state index is 11.3. The second kappa shape index (κ2) is 5.69. The monoisotopic (exact) mass is 216 g/mol. The first kappa shape index (κ1) is 11.1. The molecular formula is C8H12N2O3S. The fourth-order valence-electron chi connectivity index (χ4n) is 0.865. The summed E-state index contributed by atoms with van der Waals surface area (Å²) in [5.41, 5.74) is 0.371. The lowest BCUT2D eigenvalue weighted by Crippen LogP contribution is -2.26. The molecule has 14 heavy (non-hydrogen) atoms. The van der Waals surface area contributed by atoms with Crippen LogP contribution in [0.3, 0.4) is 0 Å². The van der Waals surface area contributed by atoms with Crippen LogP contribution in [-0.4, -0.2) is 36.3 Å². The van der Waals surface area contributed by atoms with Gasteiger partial charge in [-0.05, 0) is 0 Å². The lowest BCUT2D eigenvalue weighted by Gasteiger charge is -1.98. The number of aliphatic hydroxyl groups excluding tert-OH is 1. The number of carbonyl (C=O) groups excluding carboxylic acids is 1. The topological polar surface area (TPSA) is 71.5 Å². The van der Waals surface area contributed by atoms with Crippen LogP contribution in [0, 0.1) is 0 Å². The predicted octanol–water partition coefficient (Wildman–Crippen LogP) is 0.0116. The highest BCUT2D eigenvalue weighted by Crippen LogP contribution is 2.10. The Hall–Kier alpha value is -0.980. The number of nitrogens with zero attached hydrogens (tertiary/aromatic N) is 1. The molecule has 1 heterocycles. The van der Waals surface area contributed by atoms with Crippen molar-refractivity contribution in [3.05, 3.63) is 16.1 Å². The molecule has 0 saturated heterocycles. The van der Waals surface area contributed by atoms with Gasteiger partial charge in [0.2, 0.25) is 0 Å². The van der Waals surface area contributed by atoms with Crippen LogP contribution in [0.4, 0.5) is 0 Å². The van der Waals surface area contributed by atoms with Gasteiger partial charge in [0.05, 0.1) is 13.2 Å². The predicted molar refractivity (Wildman–Crippen MR) is 52.2 cm³/mol. The smallest absolute Gasteiger partial charge is 0.270 e. The summed E-state index contributed by atoms with van der Waals surface area (Å²) in [6.45, 7) is 0.592. The number of hydrogen-bond acceptors (Lipinski definition) is 5. The van der Waals surface area contributed by atoms with Crippen molar-refractivity contribution in [2.24, 2.45) is 0 Å². The fourth-order valence-corrected chi connectivity index (χ4v) is 1.61. The zero-order valence-electron chi connectivity index (χ0n) is 7.82. The summed E-state index contributed by atoms with van der Waals surface area (Å²) in [6, 6.07) is 0. The van der Waals surface area contributed by atoms with Crippen LogP contribution in [0.2, 0.25) is 0 Å². The summed E-state index contributed by atoms with van der Waals surface area (Å²) >= 11 is 1.38. The number of thiazole rings is 1. The van der Waals surface area contributed by atoms with Gasteiger partial charge in [0, 0.05) is 19.0 Å². The molecule has 0 atom stereocenters. The Morgan fingerprint density at radius 2 is 2.57 bits per heavy atom. The SMILES string of the molecule is COCc1nc(C(=O)NCCO)cs1. The number of hydrogen-bond donors (Lipinski definition) is 2. The van der Waals surface area contributed by atoms with Crippen molar-refractivity contribution < 1.29 is 14.6 Å². The van der Waals surface area contributed by atoms with Crippen molar-refractivity contribution in [1.29, 1.82) is 0 Å². The number of aliphatic hydroxyl groups is 1. The minimum atomic E-state index is -0.266. The summed E-state index contributed by atoms with van der Waals surface area (Å²) in [5, 5.41) is 13.5. The maximum atomic E-state index is 11.3. The van der Waals surface area contributed by atoms with E-state index in [0.29, 0.717) is 12.3 Å². The average Bonchev–Trinajstić information content (AvgIpc) is 2.63.